The topological polar surface area (TPSA) is 72.0 Å². The first-order valence-corrected chi connectivity index (χ1v) is 6.14. The second kappa shape index (κ2) is 6.09. The van der Waals surface area contributed by atoms with Gasteiger partial charge in [0.1, 0.15) is 5.25 Å². The first-order chi connectivity index (χ1) is 8.74. The van der Waals surface area contributed by atoms with Crippen molar-refractivity contribution in [3.8, 4) is 0 Å². The molecule has 1 rings (SSSR count). The van der Waals surface area contributed by atoms with Crippen LogP contribution in [0.15, 0.2) is 16.0 Å². The minimum atomic E-state index is -4.71. The molecule has 0 bridgehead atoms. The lowest BCUT2D eigenvalue weighted by atomic mass is 10.4. The van der Waals surface area contributed by atoms with E-state index in [2.05, 4.69) is 9.97 Å². The van der Waals surface area contributed by atoms with Gasteiger partial charge in [-0.2, -0.15) is 13.2 Å². The third-order valence-corrected chi connectivity index (χ3v) is 2.88. The van der Waals surface area contributed by atoms with E-state index in [4.69, 9.17) is 4.74 Å². The smallest absolute Gasteiger partial charge is 0.433 e. The van der Waals surface area contributed by atoms with E-state index in [0.29, 0.717) is 17.8 Å². The fourth-order valence-corrected chi connectivity index (χ4v) is 1.92. The predicted molar refractivity (Wildman–Crippen MR) is 61.8 cm³/mol. The fraction of sp³-hybridized carbons (Fsp3) is 0.500. The van der Waals surface area contributed by atoms with Crippen molar-refractivity contribution in [2.24, 2.45) is 0 Å². The van der Waals surface area contributed by atoms with Gasteiger partial charge in [-0.3, -0.25) is 9.59 Å². The molecule has 0 aromatic carbocycles. The number of carbonyl (C=O) groups is 1. The van der Waals surface area contributed by atoms with Gasteiger partial charge in [-0.15, -0.1) is 0 Å². The number of rotatable bonds is 4. The van der Waals surface area contributed by atoms with E-state index >= 15 is 0 Å². The Hall–Kier alpha value is -1.51. The molecule has 1 unspecified atom stereocenters. The van der Waals surface area contributed by atoms with Crippen molar-refractivity contribution in [1.29, 1.82) is 0 Å². The highest BCUT2D eigenvalue weighted by atomic mass is 32.2. The largest absolute Gasteiger partial charge is 0.465 e. The normalized spacial score (nSPS) is 13.1. The standard InChI is InChI=1S/C10H11F3N2O3S/c1-3-18-8(17)5(2)19-9-14-6(10(11,12)13)4-7(16)15-9/h4-5H,3H2,1-2H3,(H,14,15,16). The molecule has 5 nitrogen and oxygen atoms in total. The average molecular weight is 296 g/mol. The summed E-state index contributed by atoms with van der Waals surface area (Å²) in [4.78, 5) is 27.8. The number of aromatic nitrogens is 2. The molecule has 0 spiro atoms. The van der Waals surface area contributed by atoms with E-state index in [-0.39, 0.29) is 11.8 Å². The summed E-state index contributed by atoms with van der Waals surface area (Å²) in [7, 11) is 0. The van der Waals surface area contributed by atoms with E-state index in [1.54, 1.807) is 6.92 Å². The van der Waals surface area contributed by atoms with Crippen LogP contribution in [0.3, 0.4) is 0 Å². The molecule has 0 fully saturated rings. The predicted octanol–water partition coefficient (Wildman–Crippen LogP) is 1.83. The summed E-state index contributed by atoms with van der Waals surface area (Å²) in [5.74, 6) is -0.590. The Balaban J connectivity index is 2.93. The van der Waals surface area contributed by atoms with Crippen LogP contribution in [0.1, 0.15) is 19.5 Å². The van der Waals surface area contributed by atoms with E-state index in [9.17, 15) is 22.8 Å². The molecule has 0 radical (unpaired) electrons. The van der Waals surface area contributed by atoms with Crippen LogP contribution in [0.2, 0.25) is 0 Å². The van der Waals surface area contributed by atoms with E-state index in [0.717, 1.165) is 0 Å². The molecule has 19 heavy (non-hydrogen) atoms. The summed E-state index contributed by atoms with van der Waals surface area (Å²) in [5, 5.41) is -1.05. The monoisotopic (exact) mass is 296 g/mol. The number of H-pyrrole nitrogens is 1. The maximum Gasteiger partial charge on any atom is 0.433 e. The van der Waals surface area contributed by atoms with Crippen LogP contribution in [0, 0.1) is 0 Å². The second-order valence-electron chi connectivity index (χ2n) is 3.45. The van der Waals surface area contributed by atoms with Crippen LogP contribution in [0.25, 0.3) is 0 Å². The van der Waals surface area contributed by atoms with Gasteiger partial charge >= 0.3 is 12.1 Å². The van der Waals surface area contributed by atoms with Crippen LogP contribution in [0.4, 0.5) is 13.2 Å². The summed E-state index contributed by atoms with van der Waals surface area (Å²) in [6.07, 6.45) is -4.71. The Morgan fingerprint density at radius 2 is 2.21 bits per heavy atom. The molecule has 0 amide bonds. The van der Waals surface area contributed by atoms with Crippen LogP contribution in [-0.2, 0) is 15.7 Å². The number of carbonyl (C=O) groups excluding carboxylic acids is 1. The quantitative estimate of drug-likeness (QED) is 0.521. The van der Waals surface area contributed by atoms with E-state index in [1.165, 1.54) is 6.92 Å². The summed E-state index contributed by atoms with van der Waals surface area (Å²) in [6.45, 7) is 3.22. The highest BCUT2D eigenvalue weighted by Crippen LogP contribution is 2.28. The average Bonchev–Trinajstić information content (AvgIpc) is 2.27. The fourth-order valence-electron chi connectivity index (χ4n) is 1.11. The van der Waals surface area contributed by atoms with E-state index in [1.807, 2.05) is 0 Å². The van der Waals surface area contributed by atoms with Gasteiger partial charge in [0.05, 0.1) is 6.61 Å². The van der Waals surface area contributed by atoms with Crippen molar-refractivity contribution in [3.63, 3.8) is 0 Å². The molecule has 1 N–H and O–H groups in total. The zero-order valence-electron chi connectivity index (χ0n) is 10.1. The second-order valence-corrected chi connectivity index (χ2v) is 4.78. The summed E-state index contributed by atoms with van der Waals surface area (Å²) in [6, 6.07) is 0.360. The van der Waals surface area contributed by atoms with Crippen molar-refractivity contribution >= 4 is 17.7 Å². The number of nitrogens with zero attached hydrogens (tertiary/aromatic N) is 1. The number of aromatic amines is 1. The number of nitrogens with one attached hydrogen (secondary N) is 1. The van der Waals surface area contributed by atoms with Crippen molar-refractivity contribution in [2.45, 2.75) is 30.4 Å². The molecule has 1 heterocycles. The molecule has 1 atom stereocenters. The van der Waals surface area contributed by atoms with Crippen LogP contribution < -0.4 is 5.56 Å². The summed E-state index contributed by atoms with van der Waals surface area (Å²) >= 11 is 0.695. The van der Waals surface area contributed by atoms with Gasteiger partial charge in [0.2, 0.25) is 0 Å². The highest BCUT2D eigenvalue weighted by Gasteiger charge is 2.33. The molecule has 1 aromatic heterocycles. The maximum absolute atomic E-state index is 12.4. The number of thioether (sulfide) groups is 1. The van der Waals surface area contributed by atoms with Gasteiger partial charge in [0.25, 0.3) is 5.56 Å². The molecule has 0 aliphatic carbocycles. The zero-order chi connectivity index (χ0) is 14.6. The Labute approximate surface area is 110 Å². The number of hydrogen-bond acceptors (Lipinski definition) is 5. The molecular weight excluding hydrogens is 285 g/mol. The third kappa shape index (κ3) is 4.58. The van der Waals surface area contributed by atoms with Crippen LogP contribution in [-0.4, -0.2) is 27.8 Å². The number of hydrogen-bond donors (Lipinski definition) is 1. The van der Waals surface area contributed by atoms with Gasteiger partial charge in [-0.05, 0) is 13.8 Å². The van der Waals surface area contributed by atoms with Crippen molar-refractivity contribution < 1.29 is 22.7 Å². The lowest BCUT2D eigenvalue weighted by molar-refractivity contribution is -0.142. The molecule has 1 aromatic rings. The lowest BCUT2D eigenvalue weighted by Crippen LogP contribution is -2.20. The number of esters is 1. The first kappa shape index (κ1) is 15.5. The Kier molecular flexibility index (Phi) is 4.98. The van der Waals surface area contributed by atoms with Gasteiger partial charge in [0.15, 0.2) is 10.9 Å². The molecule has 0 aliphatic heterocycles. The number of halogens is 3. The molecule has 9 heteroatoms. The van der Waals surface area contributed by atoms with Gasteiger partial charge in [-0.25, -0.2) is 4.98 Å². The van der Waals surface area contributed by atoms with Crippen molar-refractivity contribution in [1.82, 2.24) is 9.97 Å². The number of alkyl halides is 3. The maximum atomic E-state index is 12.4. The SMILES string of the molecule is CCOC(=O)C(C)Sc1nc(C(F)(F)F)cc(=O)[nH]1. The third-order valence-electron chi connectivity index (χ3n) is 1.92. The zero-order valence-corrected chi connectivity index (χ0v) is 10.9. The summed E-state index contributed by atoms with van der Waals surface area (Å²) in [5.41, 5.74) is -2.23. The van der Waals surface area contributed by atoms with Crippen molar-refractivity contribution in [2.75, 3.05) is 6.61 Å². The Bertz CT molecular complexity index is 515. The van der Waals surface area contributed by atoms with Gasteiger partial charge < -0.3 is 9.72 Å². The number of ether oxygens (including phenoxy) is 1. The van der Waals surface area contributed by atoms with Gasteiger partial charge in [0, 0.05) is 6.07 Å². The van der Waals surface area contributed by atoms with Crippen LogP contribution in [0.5, 0.6) is 0 Å². The molecule has 106 valence electrons. The highest BCUT2D eigenvalue weighted by molar-refractivity contribution is 8.00. The molecule has 0 saturated heterocycles. The minimum Gasteiger partial charge on any atom is -0.465 e. The first-order valence-electron chi connectivity index (χ1n) is 5.26. The Morgan fingerprint density at radius 1 is 1.58 bits per heavy atom. The molecule has 0 saturated carbocycles. The summed E-state index contributed by atoms with van der Waals surface area (Å²) < 4.78 is 42.0. The Morgan fingerprint density at radius 3 is 2.74 bits per heavy atom. The van der Waals surface area contributed by atoms with Gasteiger partial charge in [-0.1, -0.05) is 11.8 Å². The molecule has 0 aliphatic rings. The lowest BCUT2D eigenvalue weighted by Gasteiger charge is -2.10. The minimum absolute atomic E-state index is 0.163. The van der Waals surface area contributed by atoms with Crippen molar-refractivity contribution in [3.05, 3.63) is 22.1 Å². The van der Waals surface area contributed by atoms with Crippen LogP contribution >= 0.6 is 11.8 Å². The molecular formula is C10H11F3N2O3S. The van der Waals surface area contributed by atoms with E-state index < -0.39 is 28.6 Å².